The van der Waals surface area contributed by atoms with Gasteiger partial charge in [0.25, 0.3) is 0 Å². The lowest BCUT2D eigenvalue weighted by molar-refractivity contribution is -0.167. The van der Waals surface area contributed by atoms with Crippen molar-refractivity contribution in [2.24, 2.45) is 0 Å². The zero-order valence-corrected chi connectivity index (χ0v) is 39.1. The molecule has 0 aliphatic rings. The van der Waals surface area contributed by atoms with Crippen LogP contribution in [0.25, 0.3) is 0 Å². The molecule has 0 saturated heterocycles. The Balaban J connectivity index is 4.54. The van der Waals surface area contributed by atoms with Gasteiger partial charge in [0.1, 0.15) is 13.2 Å². The molecule has 0 amide bonds. The molecule has 0 radical (unpaired) electrons. The maximum atomic E-state index is 12.8. The second-order valence-electron chi connectivity index (χ2n) is 15.6. The van der Waals surface area contributed by atoms with E-state index in [0.717, 1.165) is 83.5 Å². The van der Waals surface area contributed by atoms with Gasteiger partial charge in [-0.3, -0.25) is 14.4 Å². The van der Waals surface area contributed by atoms with Crippen molar-refractivity contribution < 1.29 is 28.6 Å². The Morgan fingerprint density at radius 2 is 0.656 bits per heavy atom. The van der Waals surface area contributed by atoms with Crippen LogP contribution < -0.4 is 0 Å². The standard InChI is InChI=1S/C55H88O6/c1-4-7-10-13-16-19-22-24-26-27-29-30-33-36-39-42-45-48-54(57)60-51-52(50-59-53(56)47-44-41-38-35-32-21-18-15-12-9-6-3)61-55(58)49-46-43-40-37-34-31-28-25-23-20-17-14-11-8-5-2/h7,9-10,12,16,18-21,23-24,26,29-30,35-36,38-39,52H,4-6,8,11,13-15,17,22,25,27-28,31-34,37,40-51H2,1-3H3/b10-7-,12-9-,19-16-,21-18-,23-20-,26-24-,30-29-,38-35-,39-36-. The number of ether oxygens (including phenoxy) is 3. The number of hydrogen-bond donors (Lipinski definition) is 0. The summed E-state index contributed by atoms with van der Waals surface area (Å²) in [4.78, 5) is 37.8. The summed E-state index contributed by atoms with van der Waals surface area (Å²) in [6.45, 7) is 6.27. The molecule has 0 aliphatic heterocycles. The summed E-state index contributed by atoms with van der Waals surface area (Å²) in [6, 6.07) is 0. The highest BCUT2D eigenvalue weighted by Crippen LogP contribution is 2.12. The van der Waals surface area contributed by atoms with Crippen LogP contribution in [-0.4, -0.2) is 37.2 Å². The molecular formula is C55H88O6. The Labute approximate surface area is 374 Å². The van der Waals surface area contributed by atoms with Crippen molar-refractivity contribution in [3.05, 3.63) is 109 Å². The van der Waals surface area contributed by atoms with E-state index in [9.17, 15) is 14.4 Å². The number of esters is 3. The summed E-state index contributed by atoms with van der Waals surface area (Å²) < 4.78 is 16.6. The number of hydrogen-bond acceptors (Lipinski definition) is 6. The molecule has 0 aromatic carbocycles. The van der Waals surface area contributed by atoms with E-state index in [0.29, 0.717) is 19.3 Å². The third-order valence-corrected chi connectivity index (χ3v) is 9.74. The van der Waals surface area contributed by atoms with E-state index >= 15 is 0 Å². The first-order valence-electron chi connectivity index (χ1n) is 24.4. The minimum atomic E-state index is -0.824. The van der Waals surface area contributed by atoms with Crippen LogP contribution in [0, 0.1) is 0 Å². The van der Waals surface area contributed by atoms with Crippen LogP contribution in [0.1, 0.15) is 201 Å². The van der Waals surface area contributed by atoms with Crippen LogP contribution in [0.2, 0.25) is 0 Å². The van der Waals surface area contributed by atoms with Gasteiger partial charge < -0.3 is 14.2 Å². The van der Waals surface area contributed by atoms with E-state index in [1.807, 2.05) is 0 Å². The summed E-state index contributed by atoms with van der Waals surface area (Å²) in [5.41, 5.74) is 0. The first-order chi connectivity index (χ1) is 30.0. The van der Waals surface area contributed by atoms with Gasteiger partial charge in [-0.1, -0.05) is 182 Å². The molecule has 1 unspecified atom stereocenters. The van der Waals surface area contributed by atoms with Crippen molar-refractivity contribution in [1.82, 2.24) is 0 Å². The van der Waals surface area contributed by atoms with Crippen LogP contribution in [-0.2, 0) is 28.6 Å². The quantitative estimate of drug-likeness (QED) is 0.0264. The van der Waals surface area contributed by atoms with Gasteiger partial charge in [-0.25, -0.2) is 0 Å². The van der Waals surface area contributed by atoms with Gasteiger partial charge in [0.15, 0.2) is 6.10 Å². The van der Waals surface area contributed by atoms with Crippen molar-refractivity contribution in [2.45, 2.75) is 207 Å². The highest BCUT2D eigenvalue weighted by atomic mass is 16.6. The lowest BCUT2D eigenvalue weighted by atomic mass is 10.1. The van der Waals surface area contributed by atoms with E-state index in [2.05, 4.69) is 130 Å². The van der Waals surface area contributed by atoms with Gasteiger partial charge in [0.2, 0.25) is 0 Å². The van der Waals surface area contributed by atoms with Gasteiger partial charge in [0.05, 0.1) is 0 Å². The zero-order valence-electron chi connectivity index (χ0n) is 39.1. The number of allylic oxidation sites excluding steroid dienone is 18. The topological polar surface area (TPSA) is 78.9 Å². The van der Waals surface area contributed by atoms with Crippen LogP contribution in [0.15, 0.2) is 109 Å². The molecule has 0 fully saturated rings. The summed E-state index contributed by atoms with van der Waals surface area (Å²) >= 11 is 0. The van der Waals surface area contributed by atoms with E-state index < -0.39 is 6.10 Å². The monoisotopic (exact) mass is 845 g/mol. The SMILES string of the molecule is CC/C=C\C/C=C\C/C=C\C/C=C\C/C=C\CCCC(=O)OCC(COC(=O)CCC/C=C\C/C=C\C/C=C\CC)OC(=O)CCCCCCCCC/C=C\CCCCCC. The highest BCUT2D eigenvalue weighted by molar-refractivity contribution is 5.71. The number of unbranched alkanes of at least 4 members (excludes halogenated alkanes) is 13. The zero-order chi connectivity index (χ0) is 44.4. The molecule has 0 aromatic heterocycles. The second-order valence-corrected chi connectivity index (χ2v) is 15.6. The molecule has 0 rings (SSSR count). The van der Waals surface area contributed by atoms with Crippen molar-refractivity contribution in [3.8, 4) is 0 Å². The second kappa shape index (κ2) is 48.7. The normalized spacial score (nSPS) is 13.0. The van der Waals surface area contributed by atoms with E-state index in [1.165, 1.54) is 64.2 Å². The predicted molar refractivity (Wildman–Crippen MR) is 260 cm³/mol. The Morgan fingerprint density at radius 3 is 1.07 bits per heavy atom. The predicted octanol–water partition coefficient (Wildman–Crippen LogP) is 16.0. The molecule has 0 N–H and O–H groups in total. The summed E-state index contributed by atoms with van der Waals surface area (Å²) in [7, 11) is 0. The molecule has 0 aromatic rings. The molecule has 61 heavy (non-hydrogen) atoms. The molecule has 1 atom stereocenters. The van der Waals surface area contributed by atoms with E-state index in [-0.39, 0.29) is 44.0 Å². The Bertz CT molecular complexity index is 1290. The van der Waals surface area contributed by atoms with Crippen molar-refractivity contribution in [3.63, 3.8) is 0 Å². The van der Waals surface area contributed by atoms with Gasteiger partial charge >= 0.3 is 17.9 Å². The third-order valence-electron chi connectivity index (χ3n) is 9.74. The molecule has 0 aliphatic carbocycles. The number of rotatable bonds is 42. The van der Waals surface area contributed by atoms with Crippen molar-refractivity contribution in [1.29, 1.82) is 0 Å². The van der Waals surface area contributed by atoms with Crippen molar-refractivity contribution >= 4 is 17.9 Å². The number of carbonyl (C=O) groups is 3. The largest absolute Gasteiger partial charge is 0.462 e. The van der Waals surface area contributed by atoms with Crippen LogP contribution in [0.4, 0.5) is 0 Å². The summed E-state index contributed by atoms with van der Waals surface area (Å²) in [5.74, 6) is -1.05. The fraction of sp³-hybridized carbons (Fsp3) is 0.618. The fourth-order valence-electron chi connectivity index (χ4n) is 6.14. The maximum absolute atomic E-state index is 12.8. The molecule has 6 nitrogen and oxygen atoms in total. The minimum Gasteiger partial charge on any atom is -0.462 e. The van der Waals surface area contributed by atoms with Crippen molar-refractivity contribution in [2.75, 3.05) is 13.2 Å². The lowest BCUT2D eigenvalue weighted by Crippen LogP contribution is -2.30. The third kappa shape index (κ3) is 47.0. The molecule has 344 valence electrons. The molecular weight excluding hydrogens is 757 g/mol. The van der Waals surface area contributed by atoms with Gasteiger partial charge in [-0.2, -0.15) is 0 Å². The molecule has 6 heteroatoms. The minimum absolute atomic E-state index is 0.126. The van der Waals surface area contributed by atoms with Crippen LogP contribution in [0.5, 0.6) is 0 Å². The Hall–Kier alpha value is -3.93. The first-order valence-corrected chi connectivity index (χ1v) is 24.4. The van der Waals surface area contributed by atoms with Crippen LogP contribution >= 0.6 is 0 Å². The van der Waals surface area contributed by atoms with E-state index in [1.54, 1.807) is 0 Å². The first kappa shape index (κ1) is 57.1. The molecule has 0 spiro atoms. The van der Waals surface area contributed by atoms with Crippen LogP contribution in [0.3, 0.4) is 0 Å². The lowest BCUT2D eigenvalue weighted by Gasteiger charge is -2.18. The molecule has 0 bridgehead atoms. The Morgan fingerprint density at radius 1 is 0.344 bits per heavy atom. The average Bonchev–Trinajstić information content (AvgIpc) is 3.26. The number of carbonyl (C=O) groups excluding carboxylic acids is 3. The summed E-state index contributed by atoms with van der Waals surface area (Å²) in [5, 5.41) is 0. The fourth-order valence-corrected chi connectivity index (χ4v) is 6.14. The highest BCUT2D eigenvalue weighted by Gasteiger charge is 2.19. The molecule has 0 saturated carbocycles. The Kier molecular flexibility index (Phi) is 45.6. The average molecular weight is 845 g/mol. The van der Waals surface area contributed by atoms with Gasteiger partial charge in [0, 0.05) is 19.3 Å². The van der Waals surface area contributed by atoms with E-state index in [4.69, 9.17) is 14.2 Å². The molecule has 0 heterocycles. The van der Waals surface area contributed by atoms with Gasteiger partial charge in [-0.05, 0) is 109 Å². The maximum Gasteiger partial charge on any atom is 0.306 e. The summed E-state index contributed by atoms with van der Waals surface area (Å²) in [6.07, 6.45) is 65.1. The van der Waals surface area contributed by atoms with Gasteiger partial charge in [-0.15, -0.1) is 0 Å². The smallest absolute Gasteiger partial charge is 0.306 e.